The summed E-state index contributed by atoms with van der Waals surface area (Å²) < 4.78 is 10.7. The normalized spacial score (nSPS) is 11.4. The largest absolute Gasteiger partial charge is 0.494 e. The third kappa shape index (κ3) is 7.12. The number of nitrogens with two attached hydrogens (primary N) is 1. The molecule has 0 aliphatic heterocycles. The fourth-order valence-electron chi connectivity index (χ4n) is 2.38. The number of benzene rings is 2. The van der Waals surface area contributed by atoms with E-state index in [2.05, 4.69) is 5.32 Å². The number of ether oxygens (including phenoxy) is 2. The number of amides is 2. The van der Waals surface area contributed by atoms with Gasteiger partial charge in [-0.2, -0.15) is 0 Å². The molecule has 154 valence electrons. The highest BCUT2D eigenvalue weighted by Crippen LogP contribution is 2.21. The van der Waals surface area contributed by atoms with Gasteiger partial charge in [-0.3, -0.25) is 14.4 Å². The first kappa shape index (κ1) is 22.2. The Balaban J connectivity index is 1.71. The molecule has 2 aromatic rings. The summed E-state index contributed by atoms with van der Waals surface area (Å²) in [6.07, 6.45) is -0.390. The number of carbonyl (C=O) groups is 3. The van der Waals surface area contributed by atoms with Crippen LogP contribution in [-0.2, 0) is 14.3 Å². The van der Waals surface area contributed by atoms with Crippen molar-refractivity contribution in [2.75, 3.05) is 11.9 Å². The highest BCUT2D eigenvalue weighted by atomic mass is 35.5. The van der Waals surface area contributed by atoms with Crippen molar-refractivity contribution in [1.82, 2.24) is 0 Å². The van der Waals surface area contributed by atoms with E-state index < -0.39 is 23.9 Å². The molecule has 0 saturated heterocycles. The fourth-order valence-corrected chi connectivity index (χ4v) is 2.50. The van der Waals surface area contributed by atoms with E-state index in [1.807, 2.05) is 13.0 Å². The number of aryl methyl sites for hydroxylation is 1. The second-order valence-corrected chi connectivity index (χ2v) is 6.83. The summed E-state index contributed by atoms with van der Waals surface area (Å²) in [5.41, 5.74) is 6.87. The van der Waals surface area contributed by atoms with E-state index in [-0.39, 0.29) is 6.42 Å². The molecule has 0 saturated carbocycles. The lowest BCUT2D eigenvalue weighted by Crippen LogP contribution is -2.30. The molecule has 29 heavy (non-hydrogen) atoms. The molecule has 8 heteroatoms. The molecule has 0 fully saturated rings. The van der Waals surface area contributed by atoms with E-state index in [1.165, 1.54) is 19.1 Å². The van der Waals surface area contributed by atoms with Crippen molar-refractivity contribution in [3.05, 3.63) is 58.6 Å². The van der Waals surface area contributed by atoms with Gasteiger partial charge in [-0.15, -0.1) is 0 Å². The van der Waals surface area contributed by atoms with Gasteiger partial charge in [0, 0.05) is 22.7 Å². The SMILES string of the molecule is Cc1cc(OCCCC(=O)OC(C)C(=O)Nc2ccc(C(N)=O)cc2)ccc1Cl. The lowest BCUT2D eigenvalue weighted by atomic mass is 10.2. The van der Waals surface area contributed by atoms with Gasteiger partial charge in [0.05, 0.1) is 6.61 Å². The molecule has 2 aromatic carbocycles. The number of esters is 1. The molecule has 2 amide bonds. The van der Waals surface area contributed by atoms with Crippen molar-refractivity contribution < 1.29 is 23.9 Å². The Morgan fingerprint density at radius 3 is 2.45 bits per heavy atom. The van der Waals surface area contributed by atoms with Gasteiger partial charge in [-0.25, -0.2) is 0 Å². The summed E-state index contributed by atoms with van der Waals surface area (Å²) in [5.74, 6) is -0.846. The van der Waals surface area contributed by atoms with Crippen molar-refractivity contribution in [1.29, 1.82) is 0 Å². The van der Waals surface area contributed by atoms with Crippen molar-refractivity contribution in [3.8, 4) is 5.75 Å². The van der Waals surface area contributed by atoms with Crippen molar-refractivity contribution in [3.63, 3.8) is 0 Å². The van der Waals surface area contributed by atoms with Crippen LogP contribution in [0, 0.1) is 6.92 Å². The number of rotatable bonds is 9. The average molecular weight is 419 g/mol. The van der Waals surface area contributed by atoms with Crippen LogP contribution >= 0.6 is 11.6 Å². The minimum absolute atomic E-state index is 0.123. The van der Waals surface area contributed by atoms with Crippen molar-refractivity contribution >= 4 is 35.1 Å². The molecule has 1 unspecified atom stereocenters. The van der Waals surface area contributed by atoms with Crippen LogP contribution in [0.2, 0.25) is 5.02 Å². The first-order chi connectivity index (χ1) is 13.8. The zero-order valence-corrected chi connectivity index (χ0v) is 17.0. The predicted molar refractivity (Wildman–Crippen MR) is 110 cm³/mol. The van der Waals surface area contributed by atoms with E-state index in [1.54, 1.807) is 24.3 Å². The first-order valence-corrected chi connectivity index (χ1v) is 9.43. The van der Waals surface area contributed by atoms with E-state index in [4.69, 9.17) is 26.8 Å². The Hall–Kier alpha value is -3.06. The minimum Gasteiger partial charge on any atom is -0.494 e. The van der Waals surface area contributed by atoms with Gasteiger partial charge in [0.1, 0.15) is 5.75 Å². The number of anilines is 1. The average Bonchev–Trinajstić information content (AvgIpc) is 2.68. The Morgan fingerprint density at radius 2 is 1.83 bits per heavy atom. The number of primary amides is 1. The topological polar surface area (TPSA) is 108 Å². The molecule has 0 spiro atoms. The van der Waals surface area contributed by atoms with Gasteiger partial charge in [0.25, 0.3) is 5.91 Å². The van der Waals surface area contributed by atoms with Crippen molar-refractivity contribution in [2.24, 2.45) is 5.73 Å². The Labute approximate surface area is 174 Å². The van der Waals surface area contributed by atoms with Gasteiger partial charge in [0.15, 0.2) is 6.10 Å². The zero-order valence-electron chi connectivity index (χ0n) is 16.2. The van der Waals surface area contributed by atoms with E-state index in [9.17, 15) is 14.4 Å². The minimum atomic E-state index is -0.960. The maximum absolute atomic E-state index is 12.1. The lowest BCUT2D eigenvalue weighted by molar-refractivity contribution is -0.153. The van der Waals surface area contributed by atoms with E-state index >= 15 is 0 Å². The molecule has 0 radical (unpaired) electrons. The molecule has 0 heterocycles. The summed E-state index contributed by atoms with van der Waals surface area (Å²) in [4.78, 5) is 35.1. The number of carbonyl (C=O) groups excluding carboxylic acids is 3. The van der Waals surface area contributed by atoms with Crippen LogP contribution in [0.15, 0.2) is 42.5 Å². The van der Waals surface area contributed by atoms with E-state index in [0.29, 0.717) is 35.1 Å². The standard InChI is InChI=1S/C21H23ClN2O5/c1-13-12-17(9-10-18(13)22)28-11-3-4-19(25)29-14(2)21(27)24-16-7-5-15(6-8-16)20(23)26/h5-10,12,14H,3-4,11H2,1-2H3,(H2,23,26)(H,24,27). The van der Waals surface area contributed by atoms with Crippen LogP contribution in [-0.4, -0.2) is 30.5 Å². The van der Waals surface area contributed by atoms with Crippen LogP contribution < -0.4 is 15.8 Å². The predicted octanol–water partition coefficient (Wildman–Crippen LogP) is 3.48. The molecule has 1 atom stereocenters. The molecule has 3 N–H and O–H groups in total. The van der Waals surface area contributed by atoms with Crippen molar-refractivity contribution in [2.45, 2.75) is 32.8 Å². The van der Waals surface area contributed by atoms with Crippen LogP contribution in [0.25, 0.3) is 0 Å². The number of nitrogens with one attached hydrogen (secondary N) is 1. The zero-order chi connectivity index (χ0) is 21.4. The maximum Gasteiger partial charge on any atom is 0.306 e. The highest BCUT2D eigenvalue weighted by molar-refractivity contribution is 6.31. The first-order valence-electron chi connectivity index (χ1n) is 9.05. The highest BCUT2D eigenvalue weighted by Gasteiger charge is 2.18. The second kappa shape index (κ2) is 10.5. The second-order valence-electron chi connectivity index (χ2n) is 6.43. The third-order valence-electron chi connectivity index (χ3n) is 4.04. The van der Waals surface area contributed by atoms with Crippen LogP contribution in [0.1, 0.15) is 35.7 Å². The molecule has 0 aliphatic carbocycles. The van der Waals surface area contributed by atoms with Gasteiger partial charge in [-0.05, 0) is 68.3 Å². The fraction of sp³-hybridized carbons (Fsp3) is 0.286. The molecular weight excluding hydrogens is 396 g/mol. The molecule has 0 aromatic heterocycles. The quantitative estimate of drug-likeness (QED) is 0.478. The number of hydrogen-bond donors (Lipinski definition) is 2. The van der Waals surface area contributed by atoms with Crippen LogP contribution in [0.4, 0.5) is 5.69 Å². The molecule has 2 rings (SSSR count). The van der Waals surface area contributed by atoms with Gasteiger partial charge >= 0.3 is 5.97 Å². The van der Waals surface area contributed by atoms with Crippen LogP contribution in [0.5, 0.6) is 5.75 Å². The summed E-state index contributed by atoms with van der Waals surface area (Å²) in [5, 5.41) is 3.27. The smallest absolute Gasteiger partial charge is 0.306 e. The van der Waals surface area contributed by atoms with Crippen LogP contribution in [0.3, 0.4) is 0 Å². The summed E-state index contributed by atoms with van der Waals surface area (Å²) in [6.45, 7) is 3.70. The lowest BCUT2D eigenvalue weighted by Gasteiger charge is -2.14. The molecule has 0 aliphatic rings. The van der Waals surface area contributed by atoms with E-state index in [0.717, 1.165) is 5.56 Å². The molecule has 7 nitrogen and oxygen atoms in total. The van der Waals surface area contributed by atoms with Gasteiger partial charge in [-0.1, -0.05) is 11.6 Å². The summed E-state index contributed by atoms with van der Waals surface area (Å²) in [6, 6.07) is 11.4. The summed E-state index contributed by atoms with van der Waals surface area (Å²) >= 11 is 5.96. The monoisotopic (exact) mass is 418 g/mol. The maximum atomic E-state index is 12.1. The molecular formula is C21H23ClN2O5. The Morgan fingerprint density at radius 1 is 1.14 bits per heavy atom. The Bertz CT molecular complexity index is 883. The van der Waals surface area contributed by atoms with Gasteiger partial charge in [0.2, 0.25) is 5.91 Å². The third-order valence-corrected chi connectivity index (χ3v) is 4.46. The summed E-state index contributed by atoms with van der Waals surface area (Å²) in [7, 11) is 0. The Kier molecular flexibility index (Phi) is 8.03. The molecule has 0 bridgehead atoms. The number of hydrogen-bond acceptors (Lipinski definition) is 5. The number of halogens is 1. The van der Waals surface area contributed by atoms with Gasteiger partial charge < -0.3 is 20.5 Å².